The number of rotatable bonds is 3. The molecule has 1 atom stereocenters. The van der Waals surface area contributed by atoms with Crippen molar-refractivity contribution in [3.05, 3.63) is 49.3 Å². The van der Waals surface area contributed by atoms with E-state index >= 15 is 0 Å². The molecule has 0 aliphatic rings. The van der Waals surface area contributed by atoms with E-state index in [0.29, 0.717) is 4.88 Å². The first kappa shape index (κ1) is 13.7. The molecule has 2 aromatic rings. The van der Waals surface area contributed by atoms with Gasteiger partial charge in [-0.25, -0.2) is 4.98 Å². The van der Waals surface area contributed by atoms with Crippen LogP contribution in [0.5, 0.6) is 0 Å². The van der Waals surface area contributed by atoms with Crippen LogP contribution in [0.1, 0.15) is 28.2 Å². The highest BCUT2D eigenvalue weighted by Crippen LogP contribution is 2.32. The molecule has 0 saturated heterocycles. The van der Waals surface area contributed by atoms with Crippen molar-refractivity contribution in [2.75, 3.05) is 0 Å². The van der Waals surface area contributed by atoms with E-state index in [1.54, 1.807) is 0 Å². The number of aromatic amines is 1. The predicted octanol–water partition coefficient (Wildman–Crippen LogP) is 3.58. The largest absolute Gasteiger partial charge is 0.345 e. The minimum Gasteiger partial charge on any atom is -0.345 e. The number of carbonyl (C=O) groups is 1. The van der Waals surface area contributed by atoms with E-state index in [9.17, 15) is 4.79 Å². The van der Waals surface area contributed by atoms with Gasteiger partial charge in [-0.3, -0.25) is 4.79 Å². The van der Waals surface area contributed by atoms with Crippen LogP contribution in [-0.4, -0.2) is 5.91 Å². The quantitative estimate of drug-likeness (QED) is 0.855. The Balaban J connectivity index is 2.08. The predicted molar refractivity (Wildman–Crippen MR) is 78.6 cm³/mol. The van der Waals surface area contributed by atoms with E-state index in [1.165, 1.54) is 11.3 Å². The van der Waals surface area contributed by atoms with E-state index in [0.717, 1.165) is 13.8 Å². The second kappa shape index (κ2) is 5.95. The van der Waals surface area contributed by atoms with Crippen molar-refractivity contribution in [1.29, 1.82) is 0 Å². The summed E-state index contributed by atoms with van der Waals surface area (Å²) in [5, 5.41) is 2.97. The van der Waals surface area contributed by atoms with Gasteiger partial charge in [-0.1, -0.05) is 0 Å². The fourth-order valence-electron chi connectivity index (χ4n) is 1.50. The van der Waals surface area contributed by atoms with Gasteiger partial charge < -0.3 is 5.32 Å². The molecule has 94 valence electrons. The lowest BCUT2D eigenvalue weighted by Crippen LogP contribution is -2.26. The number of carbonyl (C=O) groups excluding carboxylic acids is 1. The van der Waals surface area contributed by atoms with E-state index in [1.807, 2.05) is 37.5 Å². The number of hydrogen-bond acceptors (Lipinski definition) is 2. The lowest BCUT2D eigenvalue weighted by molar-refractivity contribution is -0.378. The third kappa shape index (κ3) is 3.18. The van der Waals surface area contributed by atoms with Crippen LogP contribution in [0.4, 0.5) is 0 Å². The Morgan fingerprint density at radius 3 is 2.61 bits per heavy atom. The van der Waals surface area contributed by atoms with Crippen molar-refractivity contribution in [2.24, 2.45) is 0 Å². The second-order valence-electron chi connectivity index (χ2n) is 3.76. The highest BCUT2D eigenvalue weighted by Gasteiger charge is 2.15. The molecule has 2 aromatic heterocycles. The third-order valence-corrected chi connectivity index (χ3v) is 5.72. The number of amides is 1. The molecule has 0 spiro atoms. The topological polar surface area (TPSA) is 43.2 Å². The third-order valence-electron chi connectivity index (χ3n) is 2.46. The Hall–Kier alpha value is -0.720. The molecule has 0 aliphatic carbocycles. The molecule has 18 heavy (non-hydrogen) atoms. The van der Waals surface area contributed by atoms with Gasteiger partial charge in [0.15, 0.2) is 12.4 Å². The fraction of sp³-hybridized carbons (Fsp3) is 0.167. The Labute approximate surface area is 126 Å². The maximum absolute atomic E-state index is 12.0. The van der Waals surface area contributed by atoms with Crippen LogP contribution in [0.3, 0.4) is 0 Å². The normalized spacial score (nSPS) is 12.2. The summed E-state index contributed by atoms with van der Waals surface area (Å²) in [5.41, 5.74) is 1.07. The maximum atomic E-state index is 12.0. The van der Waals surface area contributed by atoms with E-state index in [-0.39, 0.29) is 11.9 Å². The smallest absolute Gasteiger partial charge is 0.261 e. The van der Waals surface area contributed by atoms with Crippen molar-refractivity contribution >= 4 is 49.1 Å². The molecule has 0 radical (unpaired) electrons. The van der Waals surface area contributed by atoms with Crippen LogP contribution in [0.25, 0.3) is 0 Å². The van der Waals surface area contributed by atoms with Crippen molar-refractivity contribution in [1.82, 2.24) is 5.32 Å². The number of pyridine rings is 1. The van der Waals surface area contributed by atoms with Crippen molar-refractivity contribution in [3.8, 4) is 0 Å². The monoisotopic (exact) mass is 389 g/mol. The molecule has 0 saturated carbocycles. The summed E-state index contributed by atoms with van der Waals surface area (Å²) in [6, 6.07) is 5.69. The van der Waals surface area contributed by atoms with Gasteiger partial charge in [-0.05, 0) is 50.4 Å². The fourth-order valence-corrected chi connectivity index (χ4v) is 3.44. The van der Waals surface area contributed by atoms with Gasteiger partial charge in [0.25, 0.3) is 5.91 Å². The highest BCUT2D eigenvalue weighted by molar-refractivity contribution is 9.13. The summed E-state index contributed by atoms with van der Waals surface area (Å²) in [5.74, 6) is -0.0632. The molecule has 2 N–H and O–H groups in total. The van der Waals surface area contributed by atoms with Crippen molar-refractivity contribution in [2.45, 2.75) is 13.0 Å². The molecular formula is C12H11Br2N2OS+. The molecule has 3 nitrogen and oxygen atoms in total. The first-order valence-corrected chi connectivity index (χ1v) is 7.70. The van der Waals surface area contributed by atoms with Gasteiger partial charge in [0.1, 0.15) is 0 Å². The molecule has 1 amide bonds. The number of H-pyrrole nitrogens is 1. The van der Waals surface area contributed by atoms with Crippen LogP contribution < -0.4 is 10.3 Å². The number of halogens is 2. The van der Waals surface area contributed by atoms with Crippen LogP contribution >= 0.6 is 43.2 Å². The molecule has 0 bridgehead atoms. The van der Waals surface area contributed by atoms with Gasteiger partial charge in [0.2, 0.25) is 0 Å². The van der Waals surface area contributed by atoms with E-state index < -0.39 is 0 Å². The molecule has 6 heteroatoms. The van der Waals surface area contributed by atoms with Crippen molar-refractivity contribution < 1.29 is 9.78 Å². The zero-order valence-electron chi connectivity index (χ0n) is 9.54. The second-order valence-corrected chi connectivity index (χ2v) is 6.99. The average Bonchev–Trinajstić information content (AvgIpc) is 2.71. The molecule has 0 aromatic carbocycles. The number of thiophene rings is 1. The first-order valence-electron chi connectivity index (χ1n) is 5.29. The SMILES string of the molecule is CC(NC(=O)c1cc(Br)c(Br)s1)c1cc[nH+]cc1. The van der Waals surface area contributed by atoms with Crippen LogP contribution in [0.15, 0.2) is 38.9 Å². The zero-order chi connectivity index (χ0) is 13.1. The number of hydrogen-bond donors (Lipinski definition) is 1. The molecule has 0 aliphatic heterocycles. The Bertz CT molecular complexity index is 537. The molecule has 2 rings (SSSR count). The van der Waals surface area contributed by atoms with Gasteiger partial charge >= 0.3 is 0 Å². The molecular weight excluding hydrogens is 380 g/mol. The van der Waals surface area contributed by atoms with E-state index in [2.05, 4.69) is 42.2 Å². The molecule has 0 fully saturated rings. The lowest BCUT2D eigenvalue weighted by atomic mass is 10.1. The zero-order valence-corrected chi connectivity index (χ0v) is 13.5. The highest BCUT2D eigenvalue weighted by atomic mass is 79.9. The average molecular weight is 391 g/mol. The first-order chi connectivity index (χ1) is 8.58. The maximum Gasteiger partial charge on any atom is 0.261 e. The number of nitrogens with one attached hydrogen (secondary N) is 2. The lowest BCUT2D eigenvalue weighted by Gasteiger charge is -2.12. The Morgan fingerprint density at radius 2 is 2.06 bits per heavy atom. The standard InChI is InChI=1S/C12H10Br2N2OS/c1-7(8-2-4-15-5-3-8)16-12(17)10-6-9(13)11(14)18-10/h2-7H,1H3,(H,16,17)/p+1. The Morgan fingerprint density at radius 1 is 1.39 bits per heavy atom. The summed E-state index contributed by atoms with van der Waals surface area (Å²) < 4.78 is 1.83. The molecule has 1 unspecified atom stereocenters. The van der Waals surface area contributed by atoms with Crippen LogP contribution in [0.2, 0.25) is 0 Å². The summed E-state index contributed by atoms with van der Waals surface area (Å²) in [4.78, 5) is 15.7. The van der Waals surface area contributed by atoms with Gasteiger partial charge in [0, 0.05) is 16.6 Å². The van der Waals surface area contributed by atoms with E-state index in [4.69, 9.17) is 0 Å². The van der Waals surface area contributed by atoms with Gasteiger partial charge in [0.05, 0.1) is 14.7 Å². The van der Waals surface area contributed by atoms with Crippen molar-refractivity contribution in [3.63, 3.8) is 0 Å². The van der Waals surface area contributed by atoms with Gasteiger partial charge in [-0.15, -0.1) is 11.3 Å². The van der Waals surface area contributed by atoms with Crippen LogP contribution in [-0.2, 0) is 0 Å². The number of aromatic nitrogens is 1. The molecule has 2 heterocycles. The summed E-state index contributed by atoms with van der Waals surface area (Å²) in [6.45, 7) is 1.96. The van der Waals surface area contributed by atoms with Gasteiger partial charge in [-0.2, -0.15) is 0 Å². The van der Waals surface area contributed by atoms with Crippen LogP contribution in [0, 0.1) is 0 Å². The summed E-state index contributed by atoms with van der Waals surface area (Å²) in [7, 11) is 0. The summed E-state index contributed by atoms with van der Waals surface area (Å²) in [6.07, 6.45) is 3.69. The minimum absolute atomic E-state index is 0.0215. The Kier molecular flexibility index (Phi) is 4.53. The summed E-state index contributed by atoms with van der Waals surface area (Å²) >= 11 is 8.17. The minimum atomic E-state index is -0.0632.